The van der Waals surface area contributed by atoms with E-state index in [9.17, 15) is 0 Å². The van der Waals surface area contributed by atoms with Crippen molar-refractivity contribution in [2.45, 2.75) is 13.8 Å². The Kier molecular flexibility index (Phi) is 4.37. The van der Waals surface area contributed by atoms with Crippen molar-refractivity contribution in [1.29, 1.82) is 0 Å². The number of hydrazine groups is 1. The number of hydrogen-bond acceptors (Lipinski definition) is 5. The van der Waals surface area contributed by atoms with Crippen molar-refractivity contribution in [2.75, 3.05) is 31.9 Å². The molecule has 0 aromatic carbocycles. The fourth-order valence-corrected chi connectivity index (χ4v) is 1.10. The number of anilines is 2. The molecule has 5 heteroatoms. The zero-order valence-electron chi connectivity index (χ0n) is 10.3. The van der Waals surface area contributed by atoms with E-state index in [0.29, 0.717) is 24.1 Å². The predicted octanol–water partition coefficient (Wildman–Crippen LogP) is 1.59. The number of nitrogens with two attached hydrogens (primary N) is 1. The van der Waals surface area contributed by atoms with Crippen LogP contribution in [0.4, 0.5) is 11.5 Å². The summed E-state index contributed by atoms with van der Waals surface area (Å²) in [6.07, 6.45) is 0. The summed E-state index contributed by atoms with van der Waals surface area (Å²) in [6, 6.07) is 3.60. The first-order chi connectivity index (χ1) is 7.49. The van der Waals surface area contributed by atoms with Crippen molar-refractivity contribution in [3.05, 3.63) is 12.1 Å². The van der Waals surface area contributed by atoms with Crippen molar-refractivity contribution in [1.82, 2.24) is 9.99 Å². The van der Waals surface area contributed by atoms with Crippen LogP contribution in [-0.2, 0) is 0 Å². The fourth-order valence-electron chi connectivity index (χ4n) is 1.10. The lowest BCUT2D eigenvalue weighted by Gasteiger charge is -2.15. The Morgan fingerprint density at radius 1 is 1.44 bits per heavy atom. The Labute approximate surface area is 96.6 Å². The molecule has 0 aliphatic rings. The molecule has 16 heavy (non-hydrogen) atoms. The van der Waals surface area contributed by atoms with Gasteiger partial charge in [0.2, 0.25) is 5.88 Å². The standard InChI is InChI=1S/C11H20N4O/c1-8(2)7-16-11-9(12)5-6-10(13-11)14-15(3)4/h5-6,8H,7,12H2,1-4H3,(H,13,14). The normalized spacial score (nSPS) is 10.9. The zero-order valence-corrected chi connectivity index (χ0v) is 10.3. The summed E-state index contributed by atoms with van der Waals surface area (Å²) in [6.45, 7) is 4.78. The Morgan fingerprint density at radius 3 is 2.69 bits per heavy atom. The summed E-state index contributed by atoms with van der Waals surface area (Å²) < 4.78 is 5.53. The molecule has 1 aromatic rings. The minimum atomic E-state index is 0.451. The summed E-state index contributed by atoms with van der Waals surface area (Å²) in [5.41, 5.74) is 9.38. The third kappa shape index (κ3) is 3.94. The lowest BCUT2D eigenvalue weighted by atomic mass is 10.2. The van der Waals surface area contributed by atoms with Gasteiger partial charge in [-0.1, -0.05) is 13.8 Å². The number of hydrogen-bond donors (Lipinski definition) is 2. The van der Waals surface area contributed by atoms with Gasteiger partial charge in [0, 0.05) is 14.1 Å². The van der Waals surface area contributed by atoms with Crippen molar-refractivity contribution in [3.63, 3.8) is 0 Å². The molecule has 1 rings (SSSR count). The number of rotatable bonds is 5. The molecule has 0 amide bonds. The third-order valence-electron chi connectivity index (χ3n) is 1.78. The van der Waals surface area contributed by atoms with Gasteiger partial charge >= 0.3 is 0 Å². The molecule has 1 heterocycles. The number of pyridine rings is 1. The Morgan fingerprint density at radius 2 is 2.12 bits per heavy atom. The molecule has 0 fully saturated rings. The maximum absolute atomic E-state index is 5.78. The van der Waals surface area contributed by atoms with E-state index < -0.39 is 0 Å². The van der Waals surface area contributed by atoms with Crippen molar-refractivity contribution in [2.24, 2.45) is 5.92 Å². The average Bonchev–Trinajstić information content (AvgIpc) is 2.18. The summed E-state index contributed by atoms with van der Waals surface area (Å²) in [5, 5.41) is 1.81. The van der Waals surface area contributed by atoms with E-state index in [1.165, 1.54) is 0 Å². The number of aromatic nitrogens is 1. The Balaban J connectivity index is 2.74. The van der Waals surface area contributed by atoms with E-state index in [0.717, 1.165) is 5.82 Å². The average molecular weight is 224 g/mol. The Hall–Kier alpha value is -1.49. The lowest BCUT2D eigenvalue weighted by molar-refractivity contribution is 0.263. The Bertz CT molecular complexity index is 339. The zero-order chi connectivity index (χ0) is 12.1. The molecule has 0 saturated carbocycles. The van der Waals surface area contributed by atoms with Crippen LogP contribution in [0.1, 0.15) is 13.8 Å². The van der Waals surface area contributed by atoms with Crippen LogP contribution in [0.3, 0.4) is 0 Å². The van der Waals surface area contributed by atoms with Gasteiger partial charge in [-0.3, -0.25) is 0 Å². The van der Waals surface area contributed by atoms with E-state index in [1.54, 1.807) is 6.07 Å². The summed E-state index contributed by atoms with van der Waals surface area (Å²) >= 11 is 0. The lowest BCUT2D eigenvalue weighted by Crippen LogP contribution is -2.20. The van der Waals surface area contributed by atoms with E-state index in [1.807, 2.05) is 25.2 Å². The summed E-state index contributed by atoms with van der Waals surface area (Å²) in [4.78, 5) is 4.28. The van der Waals surface area contributed by atoms with Crippen LogP contribution >= 0.6 is 0 Å². The fraction of sp³-hybridized carbons (Fsp3) is 0.545. The SMILES string of the molecule is CC(C)COc1nc(NN(C)C)ccc1N. The highest BCUT2D eigenvalue weighted by Crippen LogP contribution is 2.21. The molecular formula is C11H20N4O. The molecule has 1 aromatic heterocycles. The molecule has 0 bridgehead atoms. The monoisotopic (exact) mass is 224 g/mol. The molecule has 0 saturated heterocycles. The topological polar surface area (TPSA) is 63.4 Å². The van der Waals surface area contributed by atoms with E-state index in [-0.39, 0.29) is 0 Å². The van der Waals surface area contributed by atoms with Crippen molar-refractivity contribution >= 4 is 11.5 Å². The quantitative estimate of drug-likeness (QED) is 0.744. The predicted molar refractivity (Wildman–Crippen MR) is 66.3 cm³/mol. The molecular weight excluding hydrogens is 204 g/mol. The number of nitrogens with zero attached hydrogens (tertiary/aromatic N) is 2. The smallest absolute Gasteiger partial charge is 0.239 e. The van der Waals surface area contributed by atoms with Crippen LogP contribution in [0.15, 0.2) is 12.1 Å². The number of nitrogen functional groups attached to an aromatic ring is 1. The molecule has 3 N–H and O–H groups in total. The van der Waals surface area contributed by atoms with Gasteiger partial charge in [-0.25, -0.2) is 5.01 Å². The first-order valence-electron chi connectivity index (χ1n) is 5.32. The second-order valence-electron chi connectivity index (χ2n) is 4.30. The first-order valence-corrected chi connectivity index (χ1v) is 5.32. The summed E-state index contributed by atoms with van der Waals surface area (Å²) in [7, 11) is 3.79. The van der Waals surface area contributed by atoms with Gasteiger partial charge in [-0.15, -0.1) is 0 Å². The van der Waals surface area contributed by atoms with Gasteiger partial charge < -0.3 is 15.9 Å². The second kappa shape index (κ2) is 5.55. The molecule has 0 aliphatic heterocycles. The minimum absolute atomic E-state index is 0.451. The molecule has 0 atom stereocenters. The third-order valence-corrected chi connectivity index (χ3v) is 1.78. The molecule has 0 spiro atoms. The van der Waals surface area contributed by atoms with Crippen LogP contribution in [-0.4, -0.2) is 30.7 Å². The highest BCUT2D eigenvalue weighted by molar-refractivity contribution is 5.53. The van der Waals surface area contributed by atoms with Crippen molar-refractivity contribution < 1.29 is 4.74 Å². The number of ether oxygens (including phenoxy) is 1. The highest BCUT2D eigenvalue weighted by atomic mass is 16.5. The van der Waals surface area contributed by atoms with E-state index in [2.05, 4.69) is 24.3 Å². The largest absolute Gasteiger partial charge is 0.476 e. The molecule has 0 aliphatic carbocycles. The van der Waals surface area contributed by atoms with Gasteiger partial charge in [0.05, 0.1) is 12.3 Å². The van der Waals surface area contributed by atoms with Crippen LogP contribution in [0.5, 0.6) is 5.88 Å². The van der Waals surface area contributed by atoms with E-state index >= 15 is 0 Å². The van der Waals surface area contributed by atoms with Gasteiger partial charge in [0.15, 0.2) is 0 Å². The molecule has 0 unspecified atom stereocenters. The number of nitrogens with one attached hydrogen (secondary N) is 1. The summed E-state index contributed by atoms with van der Waals surface area (Å²) in [5.74, 6) is 1.66. The van der Waals surface area contributed by atoms with Gasteiger partial charge in [-0.05, 0) is 18.1 Å². The van der Waals surface area contributed by atoms with Gasteiger partial charge in [0.1, 0.15) is 5.82 Å². The highest BCUT2D eigenvalue weighted by Gasteiger charge is 2.05. The van der Waals surface area contributed by atoms with Crippen LogP contribution in [0, 0.1) is 5.92 Å². The second-order valence-corrected chi connectivity index (χ2v) is 4.30. The van der Waals surface area contributed by atoms with Crippen molar-refractivity contribution in [3.8, 4) is 5.88 Å². The van der Waals surface area contributed by atoms with Gasteiger partial charge in [0.25, 0.3) is 0 Å². The minimum Gasteiger partial charge on any atom is -0.476 e. The molecule has 90 valence electrons. The molecule has 5 nitrogen and oxygen atoms in total. The maximum atomic E-state index is 5.78. The maximum Gasteiger partial charge on any atom is 0.239 e. The molecule has 0 radical (unpaired) electrons. The van der Waals surface area contributed by atoms with Crippen LogP contribution in [0.25, 0.3) is 0 Å². The van der Waals surface area contributed by atoms with E-state index in [4.69, 9.17) is 10.5 Å². The van der Waals surface area contributed by atoms with Crippen LogP contribution < -0.4 is 15.9 Å². The van der Waals surface area contributed by atoms with Crippen LogP contribution in [0.2, 0.25) is 0 Å². The van der Waals surface area contributed by atoms with Gasteiger partial charge in [-0.2, -0.15) is 4.98 Å². The first kappa shape index (κ1) is 12.6.